The number of aromatic nitrogens is 6. The Morgan fingerprint density at radius 3 is 1.35 bits per heavy atom. The van der Waals surface area contributed by atoms with E-state index in [1.807, 2.05) is 99.0 Å². The highest BCUT2D eigenvalue weighted by Crippen LogP contribution is 2.32. The maximum absolute atomic E-state index is 10.9. The van der Waals surface area contributed by atoms with E-state index < -0.39 is 11.9 Å². The summed E-state index contributed by atoms with van der Waals surface area (Å²) in [5.41, 5.74) is 13.3. The molecular weight excluding hydrogens is 837 g/mol. The molecule has 8 aromatic rings. The number of nitrogens with one attached hydrogen (secondary N) is 3. The topological polar surface area (TPSA) is 218 Å². The van der Waals surface area contributed by atoms with Crippen LogP contribution in [0, 0.1) is 0 Å². The van der Waals surface area contributed by atoms with Gasteiger partial charge in [-0.3, -0.25) is 24.4 Å². The fourth-order valence-electron chi connectivity index (χ4n) is 6.51. The van der Waals surface area contributed by atoms with Crippen molar-refractivity contribution in [3.05, 3.63) is 134 Å². The van der Waals surface area contributed by atoms with Crippen LogP contribution in [-0.2, 0) is 19.1 Å². The number of anilines is 2. The Kier molecular flexibility index (Phi) is 16.7. The number of hydrogen-bond acceptors (Lipinski definition) is 15. The number of hydrogen-bond donors (Lipinski definition) is 4. The summed E-state index contributed by atoms with van der Waals surface area (Å²) < 4.78 is 15.2. The molecule has 0 radical (unpaired) electrons. The molecule has 0 atom stereocenters. The van der Waals surface area contributed by atoms with Crippen LogP contribution >= 0.6 is 0 Å². The minimum absolute atomic E-state index is 0.0623. The van der Waals surface area contributed by atoms with E-state index >= 15 is 0 Å². The van der Waals surface area contributed by atoms with Crippen molar-refractivity contribution in [3.63, 3.8) is 0 Å². The zero-order valence-electron chi connectivity index (χ0n) is 37.2. The quantitative estimate of drug-likeness (QED) is 0.0494. The maximum atomic E-state index is 10.9. The van der Waals surface area contributed by atoms with Crippen LogP contribution in [-0.4, -0.2) is 88.1 Å². The highest BCUT2D eigenvalue weighted by atomic mass is 16.6. The highest BCUT2D eigenvalue weighted by molar-refractivity contribution is 5.95. The highest BCUT2D eigenvalue weighted by Gasteiger charge is 2.12. The fraction of sp³-hybridized carbons (Fsp3) is 0.180. The monoisotopic (exact) mass is 886 g/mol. The molecule has 4 heterocycles. The second-order valence-corrected chi connectivity index (χ2v) is 14.3. The zero-order chi connectivity index (χ0) is 46.8. The van der Waals surface area contributed by atoms with E-state index in [1.54, 1.807) is 24.8 Å². The first-order valence-electron chi connectivity index (χ1n) is 20.9. The van der Waals surface area contributed by atoms with E-state index in [0.717, 1.165) is 78.3 Å². The largest absolute Gasteiger partial charge is 0.492 e. The van der Waals surface area contributed by atoms with E-state index in [2.05, 4.69) is 64.9 Å². The van der Waals surface area contributed by atoms with Crippen LogP contribution in [0.3, 0.4) is 0 Å². The average molecular weight is 887 g/mol. The number of nitrogens with zero attached hydrogens (tertiary/aromatic N) is 6. The number of rotatable bonds is 13. The summed E-state index contributed by atoms with van der Waals surface area (Å²) in [6.45, 7) is 5.77. The maximum Gasteiger partial charge on any atom is 0.310 e. The first kappa shape index (κ1) is 47.1. The van der Waals surface area contributed by atoms with Crippen LogP contribution in [0.25, 0.3) is 66.8 Å². The van der Waals surface area contributed by atoms with Gasteiger partial charge in [0, 0.05) is 88.1 Å². The second kappa shape index (κ2) is 23.4. The molecule has 16 heteroatoms. The predicted molar refractivity (Wildman–Crippen MR) is 257 cm³/mol. The van der Waals surface area contributed by atoms with Gasteiger partial charge in [-0.05, 0) is 95.1 Å². The third-order valence-corrected chi connectivity index (χ3v) is 9.50. The predicted octanol–water partition coefficient (Wildman–Crippen LogP) is 7.75. The smallest absolute Gasteiger partial charge is 0.310 e. The molecule has 0 fully saturated rings. The van der Waals surface area contributed by atoms with Crippen molar-refractivity contribution < 1.29 is 28.6 Å². The van der Waals surface area contributed by atoms with Crippen molar-refractivity contribution >= 4 is 51.3 Å². The molecule has 0 aliphatic rings. The van der Waals surface area contributed by atoms with Crippen molar-refractivity contribution in [2.75, 3.05) is 51.0 Å². The molecule has 1 amide bonds. The zero-order valence-corrected chi connectivity index (χ0v) is 37.2. The summed E-state index contributed by atoms with van der Waals surface area (Å²) in [7, 11) is 3.72. The molecule has 5 N–H and O–H groups in total. The first-order chi connectivity index (χ1) is 32.0. The van der Waals surface area contributed by atoms with Gasteiger partial charge in [0.25, 0.3) is 0 Å². The van der Waals surface area contributed by atoms with Crippen molar-refractivity contribution in [1.82, 2.24) is 35.2 Å². The third kappa shape index (κ3) is 13.1. The summed E-state index contributed by atoms with van der Waals surface area (Å²) in [6.07, 6.45) is 7.00. The number of carbonyl (C=O) groups is 3. The van der Waals surface area contributed by atoms with E-state index in [9.17, 15) is 14.4 Å². The SMILES string of the molecule is CC(=O)OC(C)=O.CNc1nc(-c2cccnc2)nc2ccc(-c3ccc(OCCN)cc3)cc12.CNc1nc(-c2cccnc2)nc2ccc(-c3ccc(OCCNC(C)=O)cc3)cc12. The molecule has 4 aromatic heterocycles. The Balaban J connectivity index is 0.000000192. The number of carbonyl (C=O) groups excluding carboxylic acids is 3. The van der Waals surface area contributed by atoms with Crippen molar-refractivity contribution in [1.29, 1.82) is 0 Å². The third-order valence-electron chi connectivity index (χ3n) is 9.50. The molecule has 0 unspecified atom stereocenters. The minimum atomic E-state index is -0.562. The van der Waals surface area contributed by atoms with Crippen LogP contribution in [0.15, 0.2) is 134 Å². The number of benzene rings is 4. The van der Waals surface area contributed by atoms with E-state index in [1.165, 1.54) is 20.8 Å². The van der Waals surface area contributed by atoms with Crippen LogP contribution in [0.5, 0.6) is 11.5 Å². The number of pyridine rings is 2. The van der Waals surface area contributed by atoms with Crippen LogP contribution in [0.2, 0.25) is 0 Å². The van der Waals surface area contributed by atoms with Crippen LogP contribution in [0.1, 0.15) is 20.8 Å². The van der Waals surface area contributed by atoms with Gasteiger partial charge in [-0.2, -0.15) is 0 Å². The van der Waals surface area contributed by atoms with Gasteiger partial charge >= 0.3 is 11.9 Å². The summed E-state index contributed by atoms with van der Waals surface area (Å²) in [5.74, 6) is 3.23. The van der Waals surface area contributed by atoms with Crippen molar-refractivity contribution in [2.45, 2.75) is 20.8 Å². The first-order valence-corrected chi connectivity index (χ1v) is 20.9. The molecule has 0 saturated heterocycles. The molecular formula is C50H50N10O6. The Bertz CT molecular complexity index is 2870. The molecule has 8 rings (SSSR count). The van der Waals surface area contributed by atoms with Gasteiger partial charge in [0.15, 0.2) is 11.6 Å². The summed E-state index contributed by atoms with van der Waals surface area (Å²) >= 11 is 0. The van der Waals surface area contributed by atoms with Crippen LogP contribution < -0.4 is 31.2 Å². The fourth-order valence-corrected chi connectivity index (χ4v) is 6.51. The molecule has 0 spiro atoms. The average Bonchev–Trinajstić information content (AvgIpc) is 3.34. The lowest BCUT2D eigenvalue weighted by atomic mass is 10.0. The van der Waals surface area contributed by atoms with E-state index in [-0.39, 0.29) is 5.91 Å². The standard InChI is InChI=1S/C24H23N5O2.C22H21N5O.C4H6O3/c1-16(30)27-12-13-31-20-8-5-17(6-9-20)18-7-10-22-21(14-18)24(25-2)29-23(28-22)19-4-3-11-26-15-19;1-24-22-19-13-16(15-4-7-18(8-5-15)28-12-10-23)6-9-20(19)26-21(27-22)17-3-2-11-25-14-17;1-3(5)7-4(2)6/h3-11,14-15H,12-13H2,1-2H3,(H,27,30)(H,25,28,29);2-9,11,13-14H,10,12,23H2,1H3,(H,24,26,27);1-2H3. The summed E-state index contributed by atoms with van der Waals surface area (Å²) in [5, 5.41) is 11.0. The van der Waals surface area contributed by atoms with Crippen molar-refractivity contribution in [2.24, 2.45) is 5.73 Å². The number of nitrogens with two attached hydrogens (primary N) is 1. The molecule has 66 heavy (non-hydrogen) atoms. The molecule has 0 aliphatic carbocycles. The summed E-state index contributed by atoms with van der Waals surface area (Å²) in [6, 6.07) is 35.8. The van der Waals surface area contributed by atoms with Gasteiger partial charge in [0.1, 0.15) is 36.3 Å². The molecule has 336 valence electrons. The van der Waals surface area contributed by atoms with Gasteiger partial charge in [-0.15, -0.1) is 0 Å². The molecule has 0 bridgehead atoms. The number of fused-ring (bicyclic) bond motifs is 2. The Morgan fingerprint density at radius 2 is 0.985 bits per heavy atom. The normalized spacial score (nSPS) is 10.4. The lowest BCUT2D eigenvalue weighted by Gasteiger charge is -2.11. The Labute approximate surface area is 382 Å². The summed E-state index contributed by atoms with van der Waals surface area (Å²) in [4.78, 5) is 57.6. The Morgan fingerprint density at radius 1 is 0.545 bits per heavy atom. The van der Waals surface area contributed by atoms with Gasteiger partial charge in [-0.1, -0.05) is 36.4 Å². The van der Waals surface area contributed by atoms with Gasteiger partial charge in [-0.25, -0.2) is 19.9 Å². The van der Waals surface area contributed by atoms with Crippen molar-refractivity contribution in [3.8, 4) is 56.5 Å². The second-order valence-electron chi connectivity index (χ2n) is 14.3. The molecule has 16 nitrogen and oxygen atoms in total. The Hall–Kier alpha value is -8.37. The molecule has 0 saturated carbocycles. The van der Waals surface area contributed by atoms with Crippen LogP contribution in [0.4, 0.5) is 11.6 Å². The minimum Gasteiger partial charge on any atom is -0.492 e. The van der Waals surface area contributed by atoms with E-state index in [0.29, 0.717) is 38.0 Å². The lowest BCUT2D eigenvalue weighted by Crippen LogP contribution is -2.25. The van der Waals surface area contributed by atoms with Gasteiger partial charge in [0.2, 0.25) is 5.91 Å². The number of amides is 1. The van der Waals surface area contributed by atoms with Gasteiger partial charge in [0.05, 0.1) is 17.6 Å². The molecule has 4 aromatic carbocycles. The molecule has 0 aliphatic heterocycles. The lowest BCUT2D eigenvalue weighted by molar-refractivity contribution is -0.156. The number of esters is 2. The van der Waals surface area contributed by atoms with E-state index in [4.69, 9.17) is 25.2 Å². The number of ether oxygens (including phenoxy) is 3. The van der Waals surface area contributed by atoms with Gasteiger partial charge < -0.3 is 35.9 Å².